The van der Waals surface area contributed by atoms with Crippen molar-refractivity contribution in [1.82, 2.24) is 5.32 Å². The Kier molecular flexibility index (Phi) is 10.9. The molecule has 1 heterocycles. The van der Waals surface area contributed by atoms with Crippen LogP contribution >= 0.6 is 0 Å². The maximum Gasteiger partial charge on any atom is 0.422 e. The van der Waals surface area contributed by atoms with Gasteiger partial charge in [0.2, 0.25) is 0 Å². The quantitative estimate of drug-likeness (QED) is 0.154. The molecule has 1 aliphatic heterocycles. The van der Waals surface area contributed by atoms with Gasteiger partial charge in [-0.15, -0.1) is 6.42 Å². The van der Waals surface area contributed by atoms with Crippen LogP contribution < -0.4 is 19.7 Å². The highest BCUT2D eigenvalue weighted by Crippen LogP contribution is 2.33. The fourth-order valence-electron chi connectivity index (χ4n) is 4.86. The molecule has 0 saturated carbocycles. The molecule has 224 valence electrons. The Hall–Kier alpha value is -4.67. The molecule has 0 aromatic heterocycles. The standard InChI is InChI=1S/C33H32F3N3O4/c1-2-28(38-14-18-41-29-11-6-7-12-30(29)43-23-33(34,35)36)21-24-19-26-13-16-39(31(26)27(20-24)22-37)15-8-17-42-32(40)25-9-4-3-5-10-25/h1,3-7,9-12,19-20,28,38H,8,13-18,21,23H2/t28-/m1/s1. The van der Waals surface area contributed by atoms with Gasteiger partial charge in [0.15, 0.2) is 18.1 Å². The Balaban J connectivity index is 1.26. The molecular formula is C33H32F3N3O4. The van der Waals surface area contributed by atoms with Gasteiger partial charge < -0.3 is 24.4 Å². The van der Waals surface area contributed by atoms with E-state index in [1.807, 2.05) is 12.1 Å². The number of hydrogen-bond donors (Lipinski definition) is 1. The van der Waals surface area contributed by atoms with Crippen LogP contribution in [0.1, 0.15) is 33.5 Å². The molecular weight excluding hydrogens is 559 g/mol. The van der Waals surface area contributed by atoms with Gasteiger partial charge in [0.05, 0.1) is 29.5 Å². The Bertz CT molecular complexity index is 1460. The highest BCUT2D eigenvalue weighted by Gasteiger charge is 2.29. The molecule has 0 radical (unpaired) electrons. The van der Waals surface area contributed by atoms with Crippen LogP contribution in [0.25, 0.3) is 0 Å². The number of alkyl halides is 3. The van der Waals surface area contributed by atoms with Crippen LogP contribution in [0.15, 0.2) is 66.7 Å². The van der Waals surface area contributed by atoms with Crippen LogP contribution in [-0.4, -0.2) is 57.6 Å². The maximum atomic E-state index is 12.5. The first-order valence-electron chi connectivity index (χ1n) is 13.9. The Morgan fingerprint density at radius 2 is 1.77 bits per heavy atom. The molecule has 1 N–H and O–H groups in total. The van der Waals surface area contributed by atoms with E-state index in [9.17, 15) is 23.2 Å². The van der Waals surface area contributed by atoms with E-state index in [0.29, 0.717) is 37.1 Å². The summed E-state index contributed by atoms with van der Waals surface area (Å²) in [7, 11) is 0. The first-order valence-corrected chi connectivity index (χ1v) is 13.9. The van der Waals surface area contributed by atoms with Crippen molar-refractivity contribution in [3.05, 3.63) is 89.0 Å². The first-order chi connectivity index (χ1) is 20.8. The third kappa shape index (κ3) is 9.16. The summed E-state index contributed by atoms with van der Waals surface area (Å²) in [5.74, 6) is 2.58. The molecule has 0 fully saturated rings. The molecule has 10 heteroatoms. The summed E-state index contributed by atoms with van der Waals surface area (Å²) in [6.45, 7) is 0.808. The van der Waals surface area contributed by atoms with Gasteiger partial charge in [0.25, 0.3) is 0 Å². The number of esters is 1. The fourth-order valence-corrected chi connectivity index (χ4v) is 4.86. The number of carbonyl (C=O) groups excluding carboxylic acids is 1. The van der Waals surface area contributed by atoms with Crippen molar-refractivity contribution in [2.45, 2.75) is 31.5 Å². The predicted molar refractivity (Wildman–Crippen MR) is 156 cm³/mol. The summed E-state index contributed by atoms with van der Waals surface area (Å²) >= 11 is 0. The third-order valence-electron chi connectivity index (χ3n) is 6.78. The number of carbonyl (C=O) groups is 1. The number of terminal acetylenes is 1. The number of nitrogens with one attached hydrogen (secondary N) is 1. The van der Waals surface area contributed by atoms with Gasteiger partial charge in [0, 0.05) is 19.6 Å². The van der Waals surface area contributed by atoms with E-state index in [-0.39, 0.29) is 36.7 Å². The summed E-state index contributed by atoms with van der Waals surface area (Å²) < 4.78 is 53.5. The van der Waals surface area contributed by atoms with E-state index >= 15 is 0 Å². The van der Waals surface area contributed by atoms with Crippen molar-refractivity contribution in [3.8, 4) is 29.9 Å². The van der Waals surface area contributed by atoms with Gasteiger partial charge >= 0.3 is 12.1 Å². The minimum Gasteiger partial charge on any atom is -0.488 e. The second-order valence-electron chi connectivity index (χ2n) is 9.93. The zero-order chi connectivity index (χ0) is 30.7. The number of benzene rings is 3. The Morgan fingerprint density at radius 3 is 2.47 bits per heavy atom. The van der Waals surface area contributed by atoms with Crippen LogP contribution in [0.2, 0.25) is 0 Å². The monoisotopic (exact) mass is 591 g/mol. The molecule has 3 aromatic carbocycles. The maximum absolute atomic E-state index is 12.5. The van der Waals surface area contributed by atoms with Crippen molar-refractivity contribution < 1.29 is 32.2 Å². The molecule has 3 aromatic rings. The molecule has 0 bridgehead atoms. The number of anilines is 1. The minimum absolute atomic E-state index is 0.0118. The number of hydrogen-bond acceptors (Lipinski definition) is 7. The van der Waals surface area contributed by atoms with Gasteiger partial charge in [-0.2, -0.15) is 18.4 Å². The normalized spacial score (nSPS) is 13.0. The number of ether oxygens (including phenoxy) is 3. The molecule has 7 nitrogen and oxygen atoms in total. The van der Waals surface area contributed by atoms with E-state index < -0.39 is 12.8 Å². The van der Waals surface area contributed by atoms with Crippen LogP contribution in [-0.2, 0) is 17.6 Å². The summed E-state index contributed by atoms with van der Waals surface area (Å²) in [5.41, 5.74) is 3.99. The molecule has 0 saturated heterocycles. The highest BCUT2D eigenvalue weighted by atomic mass is 19.4. The lowest BCUT2D eigenvalue weighted by Crippen LogP contribution is -2.33. The van der Waals surface area contributed by atoms with Crippen LogP contribution in [0.3, 0.4) is 0 Å². The molecule has 43 heavy (non-hydrogen) atoms. The topological polar surface area (TPSA) is 83.8 Å². The largest absolute Gasteiger partial charge is 0.488 e. The summed E-state index contributed by atoms with van der Waals surface area (Å²) in [6, 6.07) is 20.9. The van der Waals surface area contributed by atoms with Crippen molar-refractivity contribution in [1.29, 1.82) is 5.26 Å². The van der Waals surface area contributed by atoms with E-state index in [2.05, 4.69) is 28.3 Å². The zero-order valence-electron chi connectivity index (χ0n) is 23.5. The van der Waals surface area contributed by atoms with Crippen molar-refractivity contribution in [2.75, 3.05) is 44.4 Å². The van der Waals surface area contributed by atoms with Crippen molar-refractivity contribution in [2.24, 2.45) is 0 Å². The first kappa shape index (κ1) is 31.3. The number of nitriles is 1. The van der Waals surface area contributed by atoms with Crippen molar-refractivity contribution >= 4 is 11.7 Å². The second kappa shape index (κ2) is 15.0. The average molecular weight is 592 g/mol. The lowest BCUT2D eigenvalue weighted by Gasteiger charge is -2.21. The van der Waals surface area contributed by atoms with E-state index in [1.165, 1.54) is 6.07 Å². The van der Waals surface area contributed by atoms with Gasteiger partial charge in [-0.25, -0.2) is 4.79 Å². The molecule has 1 atom stereocenters. The number of para-hydroxylation sites is 2. The van der Waals surface area contributed by atoms with E-state index in [4.69, 9.17) is 20.6 Å². The summed E-state index contributed by atoms with van der Waals surface area (Å²) in [6.07, 6.45) is 3.22. The Morgan fingerprint density at radius 1 is 1.05 bits per heavy atom. The second-order valence-corrected chi connectivity index (χ2v) is 9.93. The van der Waals surface area contributed by atoms with Gasteiger partial charge in [-0.3, -0.25) is 0 Å². The lowest BCUT2D eigenvalue weighted by molar-refractivity contribution is -0.153. The summed E-state index contributed by atoms with van der Waals surface area (Å²) in [4.78, 5) is 14.3. The number of nitrogens with zero attached hydrogens (tertiary/aromatic N) is 2. The van der Waals surface area contributed by atoms with E-state index in [0.717, 1.165) is 29.8 Å². The molecule has 0 unspecified atom stereocenters. The van der Waals surface area contributed by atoms with Gasteiger partial charge in [-0.1, -0.05) is 42.3 Å². The molecule has 4 rings (SSSR count). The lowest BCUT2D eigenvalue weighted by atomic mass is 9.98. The van der Waals surface area contributed by atoms with Crippen molar-refractivity contribution in [3.63, 3.8) is 0 Å². The molecule has 0 amide bonds. The highest BCUT2D eigenvalue weighted by molar-refractivity contribution is 5.89. The van der Waals surface area contributed by atoms with E-state index in [1.54, 1.807) is 42.5 Å². The number of rotatable bonds is 14. The van der Waals surface area contributed by atoms with Crippen LogP contribution in [0.4, 0.5) is 18.9 Å². The molecule has 1 aliphatic rings. The number of halogens is 3. The smallest absolute Gasteiger partial charge is 0.422 e. The van der Waals surface area contributed by atoms with Crippen LogP contribution in [0, 0.1) is 23.7 Å². The molecule has 0 aliphatic carbocycles. The fraction of sp³-hybridized carbons (Fsp3) is 0.333. The average Bonchev–Trinajstić information content (AvgIpc) is 3.42. The van der Waals surface area contributed by atoms with Crippen LogP contribution in [0.5, 0.6) is 11.5 Å². The minimum atomic E-state index is -4.45. The van der Waals surface area contributed by atoms with Gasteiger partial charge in [0.1, 0.15) is 12.7 Å². The summed E-state index contributed by atoms with van der Waals surface area (Å²) in [5, 5.41) is 13.1. The third-order valence-corrected chi connectivity index (χ3v) is 6.78. The van der Waals surface area contributed by atoms with Gasteiger partial charge in [-0.05, 0) is 60.7 Å². The predicted octanol–water partition coefficient (Wildman–Crippen LogP) is 5.32. The zero-order valence-corrected chi connectivity index (χ0v) is 23.5. The Labute approximate surface area is 249 Å². The SMILES string of the molecule is C#C[C@H](Cc1cc(C#N)c2c(c1)CCN2CCCOC(=O)c1ccccc1)NCCOc1ccccc1OCC(F)(F)F. The number of fused-ring (bicyclic) bond motifs is 1. The molecule has 0 spiro atoms.